The van der Waals surface area contributed by atoms with Gasteiger partial charge in [0.1, 0.15) is 0 Å². The van der Waals surface area contributed by atoms with Crippen LogP contribution in [-0.4, -0.2) is 218 Å². The lowest BCUT2D eigenvalue weighted by Gasteiger charge is -2.16. The molecule has 0 aliphatic carbocycles. The molecule has 9 rings (SSSR count). The first-order valence-corrected chi connectivity index (χ1v) is 27.5. The van der Waals surface area contributed by atoms with Crippen molar-refractivity contribution in [3.05, 3.63) is 71.8 Å². The molecule has 7 fully saturated rings. The molecule has 2 aromatic rings. The Kier molecular flexibility index (Phi) is 33.0. The number of rotatable bonds is 14. The molecule has 0 N–H and O–H groups in total. The Balaban J connectivity index is 0.000000311. The first-order chi connectivity index (χ1) is 48.1. The lowest BCUT2D eigenvalue weighted by Crippen LogP contribution is -2.42. The van der Waals surface area contributed by atoms with Crippen molar-refractivity contribution in [2.24, 2.45) is 0 Å². The van der Waals surface area contributed by atoms with Gasteiger partial charge < -0.3 is 99.5 Å². The van der Waals surface area contributed by atoms with Crippen molar-refractivity contribution in [2.45, 2.75) is 112 Å². The molecule has 0 aromatic heterocycles. The topological polar surface area (TPSA) is 433 Å². The second-order valence-corrected chi connectivity index (χ2v) is 18.2. The number of carbonyl (C=O) groups is 14. The van der Waals surface area contributed by atoms with Crippen molar-refractivity contribution in [1.82, 2.24) is 0 Å². The Hall–Kier alpha value is -12.7. The van der Waals surface area contributed by atoms with Crippen LogP contribution in [0.5, 0.6) is 0 Å². The highest BCUT2D eigenvalue weighted by Gasteiger charge is 2.59. The van der Waals surface area contributed by atoms with Crippen molar-refractivity contribution in [3.63, 3.8) is 0 Å². The number of terminal acetylenes is 4. The van der Waals surface area contributed by atoms with E-state index in [2.05, 4.69) is 88.8 Å². The van der Waals surface area contributed by atoms with Crippen molar-refractivity contribution < 1.29 is 202 Å². The molecule has 552 valence electrons. The van der Waals surface area contributed by atoms with Gasteiger partial charge in [0, 0.05) is 0 Å². The van der Waals surface area contributed by atoms with Crippen molar-refractivity contribution in [2.75, 3.05) is 47.3 Å². The first kappa shape index (κ1) is 83.5. The van der Waals surface area contributed by atoms with E-state index in [1.807, 2.05) is 18.1 Å². The number of cyclic esters (lactones) is 14. The van der Waals surface area contributed by atoms with Crippen LogP contribution in [-0.2, 0) is 133 Å². The number of hydrogen-bond donors (Lipinski definition) is 0. The number of alkyl halides is 8. The summed E-state index contributed by atoms with van der Waals surface area (Å²) >= 11 is 0. The zero-order valence-corrected chi connectivity index (χ0v) is 52.0. The van der Waals surface area contributed by atoms with Gasteiger partial charge in [-0.05, 0) is 25.0 Å². The van der Waals surface area contributed by atoms with Crippen LogP contribution in [0.1, 0.15) is 37.2 Å². The molecule has 0 spiro atoms. The molecule has 43 heteroatoms. The molecule has 14 atom stereocenters. The summed E-state index contributed by atoms with van der Waals surface area (Å²) in [6.45, 7) is 2.54. The zero-order valence-electron chi connectivity index (χ0n) is 52.0. The van der Waals surface area contributed by atoms with E-state index in [4.69, 9.17) is 54.1 Å². The van der Waals surface area contributed by atoms with Gasteiger partial charge in [-0.1, -0.05) is 84.3 Å². The molecule has 2 aromatic carbocycles. The van der Waals surface area contributed by atoms with Crippen molar-refractivity contribution in [1.29, 1.82) is 0 Å². The van der Waals surface area contributed by atoms with E-state index in [-0.39, 0.29) is 33.0 Å². The fourth-order valence-corrected chi connectivity index (χ4v) is 7.27. The predicted octanol–water partition coefficient (Wildman–Crippen LogP) is 4.59. The number of ether oxygens (including phenoxy) is 21. The second kappa shape index (κ2) is 40.3. The molecule has 7 saturated heterocycles. The van der Waals surface area contributed by atoms with Crippen LogP contribution in [0.4, 0.5) is 68.7 Å². The van der Waals surface area contributed by atoms with Gasteiger partial charge in [-0.25, -0.2) is 67.1 Å². The number of hydrogen-bond acceptors (Lipinski definition) is 35. The fraction of sp³-hybridized carbons (Fsp3) is 0.424. The number of benzene rings is 2. The van der Waals surface area contributed by atoms with E-state index in [1.165, 1.54) is 6.92 Å². The van der Waals surface area contributed by atoms with Gasteiger partial charge in [0.05, 0.1) is 27.4 Å². The Morgan fingerprint density at radius 3 is 0.980 bits per heavy atom. The summed E-state index contributed by atoms with van der Waals surface area (Å²) < 4.78 is 189. The average Bonchev–Trinajstić information content (AvgIpc) is 1.67. The molecular weight excluding hydrogens is 1420 g/mol. The van der Waals surface area contributed by atoms with Gasteiger partial charge in [0.25, 0.3) is 24.9 Å². The van der Waals surface area contributed by atoms with Crippen molar-refractivity contribution >= 4 is 84.9 Å². The van der Waals surface area contributed by atoms with Crippen LogP contribution >= 0.6 is 0 Å². The normalized spacial score (nSPS) is 24.8. The quantitative estimate of drug-likeness (QED) is 0.108. The molecule has 7 aliphatic heterocycles. The summed E-state index contributed by atoms with van der Waals surface area (Å²) in [6.07, 6.45) is -21.1. The highest BCUT2D eigenvalue weighted by atomic mass is 19.4. The smallest absolute Gasteiger partial charge is 0.466 e. The van der Waals surface area contributed by atoms with Crippen molar-refractivity contribution in [3.8, 4) is 49.4 Å². The van der Waals surface area contributed by atoms with Crippen LogP contribution in [0.15, 0.2) is 60.7 Å². The number of carbonyl (C=O) groups excluding carboxylic acids is 14. The van der Waals surface area contributed by atoms with E-state index >= 15 is 0 Å². The summed E-state index contributed by atoms with van der Waals surface area (Å²) in [5, 5.41) is 0. The second-order valence-electron chi connectivity index (χ2n) is 18.2. The van der Waals surface area contributed by atoms with E-state index in [0.717, 1.165) is 14.2 Å². The molecule has 0 bridgehead atoms. The molecule has 7 aliphatic rings. The molecule has 7 heterocycles. The zero-order chi connectivity index (χ0) is 76.6. The molecule has 0 amide bonds. The Morgan fingerprint density at radius 1 is 0.373 bits per heavy atom. The number of esters is 7. The molecule has 14 unspecified atom stereocenters. The highest BCUT2D eigenvalue weighted by molar-refractivity contribution is 5.84. The SMILES string of the molecule is C#CCOC(=O)C1OC(=O)OC1C#C.C#CCOC(=O)C1OC(=O)OC1F.C#CCOC(=O)C1OC(=O)OC1c1ccccc1.CCOC(=O)C1OC(=O)OC1C(F)(F)F.CCOC(=O)C1OC(=O)OC1c1ccccc1.COC(=O)C1OC(=O)OC1C(F)(F)F.COC(=O)C1OC(=O)OC1F. The van der Waals surface area contributed by atoms with Gasteiger partial charge in [0.15, 0.2) is 32.0 Å². The Bertz CT molecular complexity index is 3490. The largest absolute Gasteiger partial charge is 0.512 e. The third kappa shape index (κ3) is 25.6. The maximum absolute atomic E-state index is 12.6. The van der Waals surface area contributed by atoms with Gasteiger partial charge in [-0.15, -0.1) is 25.7 Å². The van der Waals surface area contributed by atoms with E-state index in [9.17, 15) is 102 Å². The molecule has 102 heavy (non-hydrogen) atoms. The summed E-state index contributed by atoms with van der Waals surface area (Å²) in [4.78, 5) is 152. The Morgan fingerprint density at radius 2 is 0.647 bits per heavy atom. The van der Waals surface area contributed by atoms with Crippen LogP contribution < -0.4 is 0 Å². The average molecular weight is 1470 g/mol. The molecule has 35 nitrogen and oxygen atoms in total. The van der Waals surface area contributed by atoms with Gasteiger partial charge >= 0.3 is 97.2 Å². The number of methoxy groups -OCH3 is 2. The lowest BCUT2D eigenvalue weighted by atomic mass is 10.0. The minimum Gasteiger partial charge on any atom is -0.466 e. The maximum atomic E-state index is 12.6. The van der Waals surface area contributed by atoms with Gasteiger partial charge in [0.2, 0.25) is 48.8 Å². The monoisotopic (exact) mass is 1470 g/mol. The van der Waals surface area contributed by atoms with E-state index < -0.39 is 183 Å². The standard InChI is InChI=1S/C13H10O5.C12H12O5.C9H6O5.C7H7F3O5.C7H5FO5.C6H5F3O5.C5H5FO5/c1-2-8-16-12(14)11-10(17-13(15)18-11)9-6-4-3-5-7-9;1-2-15-11(13)10-9(16-12(14)17-10)8-6-4-3-5-7-8;1-3-5-12-8(10)7-6(4-2)13-9(11)14-7;1-2-13-5(11)3-4(7(8,9)10)15-6(12)14-3;1-2-3-11-6(9)4-5(8)13-7(10)12-4;1-12-4(10)2-3(6(7,8)9)14-5(11)13-2;1-9-4(7)2-3(6)11-5(8)10-2/h1,3-7,10-11H,8H2;3-7,9-10H,2H2,1H3;1-2,6-7H,5H2;3-4H,2H2,1H3;1,4-5H,3H2;2-3H,1H3;2-3H,1H3. The van der Waals surface area contributed by atoms with Gasteiger partial charge in [-0.3, -0.25) is 0 Å². The molecule has 0 radical (unpaired) electrons. The summed E-state index contributed by atoms with van der Waals surface area (Å²) in [5.41, 5.74) is 1.36. The van der Waals surface area contributed by atoms with Crippen LogP contribution in [0, 0.1) is 49.4 Å². The predicted molar refractivity (Wildman–Crippen MR) is 297 cm³/mol. The summed E-state index contributed by atoms with van der Waals surface area (Å²) in [7, 11) is 1.93. The molecule has 0 saturated carbocycles. The highest BCUT2D eigenvalue weighted by Crippen LogP contribution is 2.35. The van der Waals surface area contributed by atoms with E-state index in [1.54, 1.807) is 55.5 Å². The Labute approximate surface area is 566 Å². The van der Waals surface area contributed by atoms with Gasteiger partial charge in [-0.2, -0.15) is 35.1 Å². The summed E-state index contributed by atoms with van der Waals surface area (Å²) in [5.74, 6) is 1.61. The third-order valence-electron chi connectivity index (χ3n) is 11.5. The van der Waals surface area contributed by atoms with Crippen LogP contribution in [0.25, 0.3) is 0 Å². The van der Waals surface area contributed by atoms with Crippen LogP contribution in [0.3, 0.4) is 0 Å². The fourth-order valence-electron chi connectivity index (χ4n) is 7.27. The number of halogens is 8. The van der Waals surface area contributed by atoms with E-state index in [0.29, 0.717) is 11.1 Å². The first-order valence-electron chi connectivity index (χ1n) is 27.5. The van der Waals surface area contributed by atoms with Crippen LogP contribution in [0.2, 0.25) is 0 Å². The lowest BCUT2D eigenvalue weighted by molar-refractivity contribution is -0.209. The minimum absolute atomic E-state index is 0.114. The molecular formula is C59H50F8O35. The minimum atomic E-state index is -4.86. The third-order valence-corrected chi connectivity index (χ3v) is 11.5. The maximum Gasteiger partial charge on any atom is 0.512 e. The summed E-state index contributed by atoms with van der Waals surface area (Å²) in [6, 6.07) is 17.8.